The number of nitrogens with one attached hydrogen (secondary N) is 1. The third kappa shape index (κ3) is 3.80. The quantitative estimate of drug-likeness (QED) is 0.886. The smallest absolute Gasteiger partial charge is 0.307 e. The first-order valence-electron chi connectivity index (χ1n) is 7.60. The van der Waals surface area contributed by atoms with Crippen molar-refractivity contribution in [2.24, 2.45) is 0 Å². The molecule has 23 heavy (non-hydrogen) atoms. The van der Waals surface area contributed by atoms with E-state index in [0.717, 1.165) is 11.4 Å². The van der Waals surface area contributed by atoms with Gasteiger partial charge in [0.1, 0.15) is 0 Å². The number of hydrogen-bond donors (Lipinski definition) is 2. The van der Waals surface area contributed by atoms with Crippen molar-refractivity contribution < 1.29 is 14.7 Å². The molecule has 0 aliphatic rings. The van der Waals surface area contributed by atoms with Gasteiger partial charge in [-0.3, -0.25) is 9.59 Å². The molecule has 0 saturated heterocycles. The lowest BCUT2D eigenvalue weighted by Crippen LogP contribution is -2.14. The van der Waals surface area contributed by atoms with Crippen LogP contribution >= 0.6 is 0 Å². The molecule has 5 nitrogen and oxygen atoms in total. The number of hydrogen-bond acceptors (Lipinski definition) is 2. The summed E-state index contributed by atoms with van der Waals surface area (Å²) in [6.45, 7) is 8.08. The summed E-state index contributed by atoms with van der Waals surface area (Å²) in [5, 5.41) is 11.7. The summed E-state index contributed by atoms with van der Waals surface area (Å²) in [6.07, 6.45) is -0.0639. The molecule has 0 aliphatic carbocycles. The topological polar surface area (TPSA) is 71.3 Å². The molecule has 2 N–H and O–H groups in total. The number of anilines is 1. The number of carboxylic acids is 1. The van der Waals surface area contributed by atoms with Gasteiger partial charge in [-0.2, -0.15) is 0 Å². The summed E-state index contributed by atoms with van der Waals surface area (Å²) in [7, 11) is 0. The first kappa shape index (κ1) is 16.8. The van der Waals surface area contributed by atoms with E-state index in [1.165, 1.54) is 0 Å². The van der Waals surface area contributed by atoms with Crippen LogP contribution in [0, 0.1) is 13.8 Å². The second kappa shape index (κ2) is 6.69. The molecule has 1 aromatic carbocycles. The number of benzene rings is 1. The number of aliphatic carboxylic acids is 1. The number of aromatic nitrogens is 1. The molecule has 0 bridgehead atoms. The zero-order valence-corrected chi connectivity index (χ0v) is 13.9. The van der Waals surface area contributed by atoms with E-state index in [2.05, 4.69) is 23.7 Å². The third-order valence-corrected chi connectivity index (χ3v) is 3.79. The number of carbonyl (C=O) groups is 2. The van der Waals surface area contributed by atoms with Gasteiger partial charge in [0.25, 0.3) is 5.91 Å². The van der Waals surface area contributed by atoms with Crippen molar-refractivity contribution >= 4 is 17.6 Å². The van der Waals surface area contributed by atoms with Gasteiger partial charge in [0.05, 0.1) is 12.0 Å². The van der Waals surface area contributed by atoms with Gasteiger partial charge < -0.3 is 15.0 Å². The Bertz CT molecular complexity index is 745. The molecule has 0 atom stereocenters. The molecule has 2 aromatic rings. The zero-order valence-electron chi connectivity index (χ0n) is 13.9. The fourth-order valence-electron chi connectivity index (χ4n) is 2.93. The van der Waals surface area contributed by atoms with Crippen LogP contribution in [0.2, 0.25) is 0 Å². The van der Waals surface area contributed by atoms with Crippen molar-refractivity contribution in [3.63, 3.8) is 0 Å². The lowest BCUT2D eigenvalue weighted by molar-refractivity contribution is -0.136. The van der Waals surface area contributed by atoms with E-state index >= 15 is 0 Å². The minimum absolute atomic E-state index is 0.0639. The molecule has 122 valence electrons. The van der Waals surface area contributed by atoms with E-state index in [0.29, 0.717) is 16.8 Å². The Morgan fingerprint density at radius 1 is 1.22 bits per heavy atom. The van der Waals surface area contributed by atoms with Crippen molar-refractivity contribution in [1.82, 2.24) is 4.57 Å². The van der Waals surface area contributed by atoms with E-state index in [9.17, 15) is 9.59 Å². The first-order chi connectivity index (χ1) is 10.8. The predicted molar refractivity (Wildman–Crippen MR) is 90.0 cm³/mol. The van der Waals surface area contributed by atoms with Gasteiger partial charge in [0, 0.05) is 23.1 Å². The van der Waals surface area contributed by atoms with Crippen LogP contribution in [-0.2, 0) is 11.2 Å². The molecule has 2 rings (SSSR count). The summed E-state index contributed by atoms with van der Waals surface area (Å²) in [6, 6.07) is 9.08. The Morgan fingerprint density at radius 2 is 1.91 bits per heavy atom. The van der Waals surface area contributed by atoms with Crippen LogP contribution in [0.4, 0.5) is 5.69 Å². The highest BCUT2D eigenvalue weighted by atomic mass is 16.4. The van der Waals surface area contributed by atoms with Crippen LogP contribution in [0.5, 0.6) is 0 Å². The molecule has 0 radical (unpaired) electrons. The normalized spacial score (nSPS) is 10.8. The maximum Gasteiger partial charge on any atom is 0.307 e. The maximum atomic E-state index is 12.5. The molecule has 0 aliphatic heterocycles. The summed E-state index contributed by atoms with van der Waals surface area (Å²) in [5.74, 6) is -1.08. The van der Waals surface area contributed by atoms with Gasteiger partial charge in [0.2, 0.25) is 0 Å². The second-order valence-corrected chi connectivity index (χ2v) is 5.97. The minimum Gasteiger partial charge on any atom is -0.481 e. The number of rotatable bonds is 5. The third-order valence-electron chi connectivity index (χ3n) is 3.79. The van der Waals surface area contributed by atoms with Gasteiger partial charge in [-0.15, -0.1) is 0 Å². The van der Waals surface area contributed by atoms with Crippen LogP contribution in [0.15, 0.2) is 30.3 Å². The highest BCUT2D eigenvalue weighted by Gasteiger charge is 2.17. The minimum atomic E-state index is -0.894. The Morgan fingerprint density at radius 3 is 2.48 bits per heavy atom. The van der Waals surface area contributed by atoms with Gasteiger partial charge in [-0.1, -0.05) is 12.1 Å². The molecule has 1 amide bonds. The average Bonchev–Trinajstić information content (AvgIpc) is 2.73. The summed E-state index contributed by atoms with van der Waals surface area (Å²) in [4.78, 5) is 23.3. The van der Waals surface area contributed by atoms with Crippen LogP contribution in [0.25, 0.3) is 0 Å². The molecule has 1 aromatic heterocycles. The van der Waals surface area contributed by atoms with E-state index in [4.69, 9.17) is 5.11 Å². The lowest BCUT2D eigenvalue weighted by Gasteiger charge is -2.13. The molecular weight excluding hydrogens is 292 g/mol. The Kier molecular flexibility index (Phi) is 4.89. The highest BCUT2D eigenvalue weighted by Crippen LogP contribution is 2.21. The average molecular weight is 314 g/mol. The van der Waals surface area contributed by atoms with Crippen LogP contribution in [0.3, 0.4) is 0 Å². The van der Waals surface area contributed by atoms with E-state index < -0.39 is 5.97 Å². The summed E-state index contributed by atoms with van der Waals surface area (Å²) in [5.41, 5.74) is 3.87. The monoisotopic (exact) mass is 314 g/mol. The number of carboxylic acid groups (broad SMARTS) is 1. The van der Waals surface area contributed by atoms with Crippen molar-refractivity contribution in [3.8, 4) is 0 Å². The van der Waals surface area contributed by atoms with E-state index in [1.54, 1.807) is 24.3 Å². The van der Waals surface area contributed by atoms with Gasteiger partial charge in [0.15, 0.2) is 0 Å². The standard InChI is InChI=1S/C18H22N2O3/c1-11(2)20-12(3)8-16(13(20)4)18(23)19-15-7-5-6-14(9-15)10-17(21)22/h5-9,11H,10H2,1-4H3,(H,19,23)(H,21,22). The Labute approximate surface area is 135 Å². The van der Waals surface area contributed by atoms with Crippen LogP contribution < -0.4 is 5.32 Å². The Hall–Kier alpha value is -2.56. The number of aryl methyl sites for hydroxylation is 1. The number of amides is 1. The number of nitrogens with zero attached hydrogens (tertiary/aromatic N) is 1. The molecule has 0 saturated carbocycles. The summed E-state index contributed by atoms with van der Waals surface area (Å²) >= 11 is 0. The molecule has 0 fully saturated rings. The largest absolute Gasteiger partial charge is 0.481 e. The molecule has 1 heterocycles. The van der Waals surface area contributed by atoms with Crippen molar-refractivity contribution in [3.05, 3.63) is 52.8 Å². The molecule has 5 heteroatoms. The SMILES string of the molecule is Cc1cc(C(=O)Nc2cccc(CC(=O)O)c2)c(C)n1C(C)C. The molecule has 0 unspecified atom stereocenters. The van der Waals surface area contributed by atoms with Gasteiger partial charge >= 0.3 is 5.97 Å². The maximum absolute atomic E-state index is 12.5. The van der Waals surface area contributed by atoms with E-state index in [1.807, 2.05) is 19.9 Å². The van der Waals surface area contributed by atoms with Crippen molar-refractivity contribution in [1.29, 1.82) is 0 Å². The Balaban J connectivity index is 2.23. The van der Waals surface area contributed by atoms with E-state index in [-0.39, 0.29) is 18.4 Å². The molecule has 0 spiro atoms. The van der Waals surface area contributed by atoms with Crippen molar-refractivity contribution in [2.45, 2.75) is 40.2 Å². The zero-order chi connectivity index (χ0) is 17.1. The van der Waals surface area contributed by atoms with Gasteiger partial charge in [-0.05, 0) is 51.5 Å². The number of carbonyl (C=O) groups excluding carboxylic acids is 1. The van der Waals surface area contributed by atoms with Crippen molar-refractivity contribution in [2.75, 3.05) is 5.32 Å². The molecular formula is C18H22N2O3. The fourth-order valence-corrected chi connectivity index (χ4v) is 2.93. The first-order valence-corrected chi connectivity index (χ1v) is 7.60. The lowest BCUT2D eigenvalue weighted by atomic mass is 10.1. The van der Waals surface area contributed by atoms with Crippen LogP contribution in [0.1, 0.15) is 47.2 Å². The van der Waals surface area contributed by atoms with Crippen LogP contribution in [-0.4, -0.2) is 21.6 Å². The fraction of sp³-hybridized carbons (Fsp3) is 0.333. The van der Waals surface area contributed by atoms with Gasteiger partial charge in [-0.25, -0.2) is 0 Å². The predicted octanol–water partition coefficient (Wildman–Crippen LogP) is 3.57. The summed E-state index contributed by atoms with van der Waals surface area (Å²) < 4.78 is 2.12. The highest BCUT2D eigenvalue weighted by molar-refractivity contribution is 6.05. The second-order valence-electron chi connectivity index (χ2n) is 5.97.